The molecular formula is C15H27N3. The average Bonchev–Trinajstić information content (AvgIpc) is 2.27. The Bertz CT molecular complexity index is 372. The topological polar surface area (TPSA) is 32.5 Å². The number of nitrogen functional groups attached to an aromatic ring is 1. The number of anilines is 2. The Morgan fingerprint density at radius 3 is 2.33 bits per heavy atom. The Morgan fingerprint density at radius 2 is 1.83 bits per heavy atom. The van der Waals surface area contributed by atoms with Crippen molar-refractivity contribution in [1.29, 1.82) is 0 Å². The number of hydrogen-bond acceptors (Lipinski definition) is 3. The van der Waals surface area contributed by atoms with Crippen LogP contribution >= 0.6 is 0 Å². The molecule has 1 rings (SSSR count). The molecular weight excluding hydrogens is 222 g/mol. The fraction of sp³-hybridized carbons (Fsp3) is 0.600. The number of hydrogen-bond donors (Lipinski definition) is 1. The zero-order chi connectivity index (χ0) is 13.7. The molecule has 0 radical (unpaired) electrons. The highest BCUT2D eigenvalue weighted by atomic mass is 15.2. The van der Waals surface area contributed by atoms with Crippen molar-refractivity contribution >= 4 is 11.4 Å². The highest BCUT2D eigenvalue weighted by Gasteiger charge is 2.09. The second kappa shape index (κ2) is 6.64. The molecule has 0 saturated heterocycles. The Labute approximate surface area is 112 Å². The first-order chi connectivity index (χ1) is 8.40. The van der Waals surface area contributed by atoms with Crippen LogP contribution in [0.3, 0.4) is 0 Å². The molecule has 0 unspecified atom stereocenters. The second-order valence-electron chi connectivity index (χ2n) is 5.68. The molecule has 0 aromatic heterocycles. The Morgan fingerprint density at radius 1 is 1.17 bits per heavy atom. The first kappa shape index (κ1) is 14.8. The molecule has 0 spiro atoms. The van der Waals surface area contributed by atoms with Gasteiger partial charge in [0.05, 0.1) is 0 Å². The van der Waals surface area contributed by atoms with Crippen molar-refractivity contribution in [3.8, 4) is 0 Å². The minimum absolute atomic E-state index is 0.657. The van der Waals surface area contributed by atoms with Gasteiger partial charge in [0.1, 0.15) is 0 Å². The molecule has 0 atom stereocenters. The zero-order valence-electron chi connectivity index (χ0n) is 12.4. The Hall–Kier alpha value is -1.22. The number of nitrogens with zero attached hydrogens (tertiary/aromatic N) is 2. The number of benzene rings is 1. The van der Waals surface area contributed by atoms with E-state index in [1.54, 1.807) is 0 Å². The summed E-state index contributed by atoms with van der Waals surface area (Å²) in [4.78, 5) is 4.66. The van der Waals surface area contributed by atoms with Gasteiger partial charge < -0.3 is 15.5 Å². The Balaban J connectivity index is 2.83. The van der Waals surface area contributed by atoms with Gasteiger partial charge in [0, 0.05) is 31.0 Å². The van der Waals surface area contributed by atoms with E-state index in [9.17, 15) is 0 Å². The minimum atomic E-state index is 0.657. The van der Waals surface area contributed by atoms with Crippen LogP contribution in [0, 0.1) is 12.8 Å². The molecule has 0 aliphatic rings. The summed E-state index contributed by atoms with van der Waals surface area (Å²) in [6.45, 7) is 9.78. The van der Waals surface area contributed by atoms with Crippen molar-refractivity contribution in [3.05, 3.63) is 23.8 Å². The first-order valence-electron chi connectivity index (χ1n) is 6.66. The number of rotatable bonds is 6. The van der Waals surface area contributed by atoms with Gasteiger partial charge in [0.25, 0.3) is 0 Å². The van der Waals surface area contributed by atoms with Gasteiger partial charge in [-0.1, -0.05) is 13.8 Å². The molecule has 0 aliphatic carbocycles. The maximum Gasteiger partial charge on any atom is 0.0370 e. The maximum atomic E-state index is 5.89. The second-order valence-corrected chi connectivity index (χ2v) is 5.68. The predicted octanol–water partition coefficient (Wildman–Crippen LogP) is 2.60. The van der Waals surface area contributed by atoms with Crippen molar-refractivity contribution in [2.24, 2.45) is 5.92 Å². The minimum Gasteiger partial charge on any atom is -0.399 e. The summed E-state index contributed by atoms with van der Waals surface area (Å²) in [6, 6.07) is 6.32. The van der Waals surface area contributed by atoms with Crippen molar-refractivity contribution < 1.29 is 0 Å². The van der Waals surface area contributed by atoms with Crippen molar-refractivity contribution in [2.45, 2.75) is 20.8 Å². The van der Waals surface area contributed by atoms with Crippen LogP contribution in [-0.2, 0) is 0 Å². The molecule has 3 nitrogen and oxygen atoms in total. The van der Waals surface area contributed by atoms with E-state index in [1.165, 1.54) is 5.69 Å². The lowest BCUT2D eigenvalue weighted by Gasteiger charge is -2.28. The third kappa shape index (κ3) is 4.57. The van der Waals surface area contributed by atoms with Crippen LogP contribution in [0.15, 0.2) is 18.2 Å². The van der Waals surface area contributed by atoms with Crippen LogP contribution in [0.1, 0.15) is 19.4 Å². The molecule has 102 valence electrons. The predicted molar refractivity (Wildman–Crippen MR) is 81.2 cm³/mol. The number of nitrogens with two attached hydrogens (primary N) is 1. The van der Waals surface area contributed by atoms with E-state index in [2.05, 4.69) is 56.8 Å². The maximum absolute atomic E-state index is 5.89. The monoisotopic (exact) mass is 249 g/mol. The SMILES string of the molecule is Cc1cc(N(CCN(C)C)CC(C)C)ccc1N. The van der Waals surface area contributed by atoms with Crippen LogP contribution in [0.5, 0.6) is 0 Å². The van der Waals surface area contributed by atoms with Crippen molar-refractivity contribution in [2.75, 3.05) is 44.4 Å². The summed E-state index contributed by atoms with van der Waals surface area (Å²) in [5.41, 5.74) is 9.19. The van der Waals surface area contributed by atoms with Gasteiger partial charge >= 0.3 is 0 Å². The molecule has 2 N–H and O–H groups in total. The van der Waals surface area contributed by atoms with Crippen LogP contribution in [0.2, 0.25) is 0 Å². The molecule has 0 fully saturated rings. The molecule has 0 heterocycles. The lowest BCUT2D eigenvalue weighted by molar-refractivity contribution is 0.409. The first-order valence-corrected chi connectivity index (χ1v) is 6.66. The van der Waals surface area contributed by atoms with E-state index in [0.29, 0.717) is 5.92 Å². The third-order valence-electron chi connectivity index (χ3n) is 3.02. The van der Waals surface area contributed by atoms with E-state index in [-0.39, 0.29) is 0 Å². The lowest BCUT2D eigenvalue weighted by Crippen LogP contribution is -2.34. The summed E-state index contributed by atoms with van der Waals surface area (Å²) in [5, 5.41) is 0. The van der Waals surface area contributed by atoms with Crippen LogP contribution < -0.4 is 10.6 Å². The number of aryl methyl sites for hydroxylation is 1. The fourth-order valence-corrected chi connectivity index (χ4v) is 1.94. The molecule has 0 saturated carbocycles. The van der Waals surface area contributed by atoms with E-state index in [4.69, 9.17) is 5.73 Å². The van der Waals surface area contributed by atoms with Gasteiger partial charge in [-0.05, 0) is 50.7 Å². The van der Waals surface area contributed by atoms with E-state index >= 15 is 0 Å². The molecule has 0 aliphatic heterocycles. The van der Waals surface area contributed by atoms with E-state index < -0.39 is 0 Å². The molecule has 0 bridgehead atoms. The largest absolute Gasteiger partial charge is 0.399 e. The van der Waals surface area contributed by atoms with Gasteiger partial charge in [-0.15, -0.1) is 0 Å². The van der Waals surface area contributed by atoms with E-state index in [0.717, 1.165) is 30.9 Å². The van der Waals surface area contributed by atoms with Gasteiger partial charge in [0.2, 0.25) is 0 Å². The van der Waals surface area contributed by atoms with Gasteiger partial charge in [-0.25, -0.2) is 0 Å². The number of likely N-dealkylation sites (N-methyl/N-ethyl adjacent to an activating group) is 1. The van der Waals surface area contributed by atoms with Crippen LogP contribution in [-0.4, -0.2) is 38.6 Å². The van der Waals surface area contributed by atoms with Crippen molar-refractivity contribution in [3.63, 3.8) is 0 Å². The molecule has 18 heavy (non-hydrogen) atoms. The average molecular weight is 249 g/mol. The summed E-state index contributed by atoms with van der Waals surface area (Å²) >= 11 is 0. The van der Waals surface area contributed by atoms with Gasteiger partial charge in [0.15, 0.2) is 0 Å². The summed E-state index contributed by atoms with van der Waals surface area (Å²) < 4.78 is 0. The summed E-state index contributed by atoms with van der Waals surface area (Å²) in [6.07, 6.45) is 0. The zero-order valence-corrected chi connectivity index (χ0v) is 12.4. The molecule has 1 aromatic carbocycles. The van der Waals surface area contributed by atoms with Crippen LogP contribution in [0.4, 0.5) is 11.4 Å². The fourth-order valence-electron chi connectivity index (χ4n) is 1.94. The highest BCUT2D eigenvalue weighted by molar-refractivity contribution is 5.58. The summed E-state index contributed by atoms with van der Waals surface area (Å²) in [7, 11) is 4.23. The molecule has 1 aromatic rings. The highest BCUT2D eigenvalue weighted by Crippen LogP contribution is 2.21. The lowest BCUT2D eigenvalue weighted by atomic mass is 10.1. The van der Waals surface area contributed by atoms with E-state index in [1.807, 2.05) is 6.07 Å². The van der Waals surface area contributed by atoms with Gasteiger partial charge in [-0.2, -0.15) is 0 Å². The standard InChI is InChI=1S/C15H27N3/c1-12(2)11-18(9-8-17(4)5)14-6-7-15(16)13(3)10-14/h6-7,10,12H,8-9,11,16H2,1-5H3. The summed E-state index contributed by atoms with van der Waals surface area (Å²) in [5.74, 6) is 0.657. The normalized spacial score (nSPS) is 11.3. The van der Waals surface area contributed by atoms with Gasteiger partial charge in [-0.3, -0.25) is 0 Å². The third-order valence-corrected chi connectivity index (χ3v) is 3.02. The molecule has 3 heteroatoms. The van der Waals surface area contributed by atoms with Crippen LogP contribution in [0.25, 0.3) is 0 Å². The Kier molecular flexibility index (Phi) is 5.48. The quantitative estimate of drug-likeness (QED) is 0.787. The smallest absolute Gasteiger partial charge is 0.0370 e. The molecule has 0 amide bonds. The van der Waals surface area contributed by atoms with Crippen molar-refractivity contribution in [1.82, 2.24) is 4.90 Å².